The average Bonchev–Trinajstić information content (AvgIpc) is 2.94. The minimum Gasteiger partial charge on any atom is -0.355 e. The Morgan fingerprint density at radius 1 is 1.21 bits per heavy atom. The summed E-state index contributed by atoms with van der Waals surface area (Å²) in [6.45, 7) is 1.10. The molecule has 0 aliphatic rings. The quantitative estimate of drug-likeness (QED) is 0.399. The number of aryl methyl sites for hydroxylation is 1. The summed E-state index contributed by atoms with van der Waals surface area (Å²) in [5, 5.41) is 12.7. The number of nitrogens with zero attached hydrogens (tertiary/aromatic N) is 1. The summed E-state index contributed by atoms with van der Waals surface area (Å²) in [6, 6.07) is 4.95. The van der Waals surface area contributed by atoms with E-state index >= 15 is 0 Å². The number of Topliss-reactive ketones (excluding diaryl/α,β-unsaturated/α-hetero) is 1. The topological polar surface area (TPSA) is 115 Å². The van der Waals surface area contributed by atoms with Crippen molar-refractivity contribution in [2.24, 2.45) is 0 Å². The number of aromatic nitrogens is 1. The standard InChI is InChI=1S/C18H14F4N4O3/c1-8-13(16(28)26-11-3-4-12(19)10(5-11)6-23)9(2)25-14(8)15(27)17(29)24-7-18(20,21)22/h3-5,25H,7H2,1-2H3,(H,24,29)(H,26,28). The molecule has 0 atom stereocenters. The van der Waals surface area contributed by atoms with Gasteiger partial charge in [-0.2, -0.15) is 18.4 Å². The van der Waals surface area contributed by atoms with Crippen molar-refractivity contribution >= 4 is 23.3 Å². The van der Waals surface area contributed by atoms with Crippen LogP contribution in [0.25, 0.3) is 0 Å². The van der Waals surface area contributed by atoms with Crippen molar-refractivity contribution in [1.82, 2.24) is 10.3 Å². The number of anilines is 1. The van der Waals surface area contributed by atoms with Crippen molar-refractivity contribution in [2.75, 3.05) is 11.9 Å². The number of hydrogen-bond donors (Lipinski definition) is 3. The van der Waals surface area contributed by atoms with Gasteiger partial charge < -0.3 is 15.6 Å². The van der Waals surface area contributed by atoms with Crippen LogP contribution in [0.15, 0.2) is 18.2 Å². The van der Waals surface area contributed by atoms with Crippen LogP contribution in [0.2, 0.25) is 0 Å². The Bertz CT molecular complexity index is 1030. The van der Waals surface area contributed by atoms with Crippen LogP contribution in [0, 0.1) is 31.0 Å². The molecule has 0 spiro atoms. The number of benzene rings is 1. The Morgan fingerprint density at radius 3 is 2.45 bits per heavy atom. The Kier molecular flexibility index (Phi) is 6.06. The van der Waals surface area contributed by atoms with E-state index in [1.165, 1.54) is 25.2 Å². The highest BCUT2D eigenvalue weighted by Crippen LogP contribution is 2.21. The van der Waals surface area contributed by atoms with Crippen molar-refractivity contribution in [1.29, 1.82) is 5.26 Å². The van der Waals surface area contributed by atoms with Crippen molar-refractivity contribution in [2.45, 2.75) is 20.0 Å². The van der Waals surface area contributed by atoms with Crippen LogP contribution in [0.4, 0.5) is 23.2 Å². The van der Waals surface area contributed by atoms with Gasteiger partial charge >= 0.3 is 6.18 Å². The van der Waals surface area contributed by atoms with Gasteiger partial charge in [0, 0.05) is 11.4 Å². The molecule has 0 aliphatic carbocycles. The number of carbonyl (C=O) groups is 3. The Morgan fingerprint density at radius 2 is 1.86 bits per heavy atom. The largest absolute Gasteiger partial charge is 0.405 e. The molecule has 11 heteroatoms. The van der Waals surface area contributed by atoms with Crippen LogP contribution < -0.4 is 10.6 Å². The minimum absolute atomic E-state index is 0.0141. The van der Waals surface area contributed by atoms with Gasteiger partial charge in [-0.05, 0) is 37.6 Å². The van der Waals surface area contributed by atoms with Crippen LogP contribution in [0.3, 0.4) is 0 Å². The maximum atomic E-state index is 13.4. The maximum Gasteiger partial charge on any atom is 0.405 e. The van der Waals surface area contributed by atoms with E-state index in [0.29, 0.717) is 0 Å². The first-order chi connectivity index (χ1) is 13.4. The van der Waals surface area contributed by atoms with Gasteiger partial charge in [0.15, 0.2) is 0 Å². The first-order valence-electron chi connectivity index (χ1n) is 8.04. The molecule has 1 aromatic heterocycles. The third-order valence-corrected chi connectivity index (χ3v) is 3.89. The first-order valence-corrected chi connectivity index (χ1v) is 8.04. The summed E-state index contributed by atoms with van der Waals surface area (Å²) in [4.78, 5) is 38.9. The lowest BCUT2D eigenvalue weighted by Gasteiger charge is -2.08. The van der Waals surface area contributed by atoms with Gasteiger partial charge in [-0.1, -0.05) is 0 Å². The molecule has 0 bridgehead atoms. The number of aromatic amines is 1. The van der Waals surface area contributed by atoms with E-state index in [2.05, 4.69) is 10.3 Å². The molecule has 2 rings (SSSR count). The molecule has 152 valence electrons. The number of nitriles is 1. The van der Waals surface area contributed by atoms with E-state index in [9.17, 15) is 31.9 Å². The number of alkyl halides is 3. The summed E-state index contributed by atoms with van der Waals surface area (Å²) in [6.07, 6.45) is -4.68. The van der Waals surface area contributed by atoms with Crippen LogP contribution in [-0.4, -0.2) is 35.3 Å². The lowest BCUT2D eigenvalue weighted by molar-refractivity contribution is -0.135. The summed E-state index contributed by atoms with van der Waals surface area (Å²) in [7, 11) is 0. The smallest absolute Gasteiger partial charge is 0.355 e. The number of nitrogens with one attached hydrogen (secondary N) is 3. The van der Waals surface area contributed by atoms with Gasteiger partial charge in [-0.25, -0.2) is 4.39 Å². The van der Waals surface area contributed by atoms with E-state index in [0.717, 1.165) is 12.1 Å². The third kappa shape index (κ3) is 4.98. The van der Waals surface area contributed by atoms with E-state index in [-0.39, 0.29) is 33.8 Å². The summed E-state index contributed by atoms with van der Waals surface area (Å²) in [5.41, 5.74) is -0.278. The second kappa shape index (κ2) is 8.14. The predicted molar refractivity (Wildman–Crippen MR) is 92.7 cm³/mol. The number of rotatable bonds is 5. The zero-order valence-electron chi connectivity index (χ0n) is 15.1. The van der Waals surface area contributed by atoms with Crippen molar-refractivity contribution in [3.63, 3.8) is 0 Å². The van der Waals surface area contributed by atoms with E-state index in [1.54, 1.807) is 6.07 Å². The molecule has 1 aromatic carbocycles. The number of ketones is 1. The van der Waals surface area contributed by atoms with Gasteiger partial charge in [0.2, 0.25) is 0 Å². The fraction of sp³-hybridized carbons (Fsp3) is 0.222. The number of H-pyrrole nitrogens is 1. The lowest BCUT2D eigenvalue weighted by Crippen LogP contribution is -2.38. The van der Waals surface area contributed by atoms with Gasteiger partial charge in [-0.15, -0.1) is 0 Å². The zero-order valence-corrected chi connectivity index (χ0v) is 15.1. The summed E-state index contributed by atoms with van der Waals surface area (Å²) >= 11 is 0. The highest BCUT2D eigenvalue weighted by Gasteiger charge is 2.31. The van der Waals surface area contributed by atoms with Crippen molar-refractivity contribution < 1.29 is 31.9 Å². The fourth-order valence-electron chi connectivity index (χ4n) is 2.57. The normalized spacial score (nSPS) is 10.9. The molecule has 0 aliphatic heterocycles. The Hall–Kier alpha value is -3.68. The molecular weight excluding hydrogens is 396 g/mol. The Labute approximate surface area is 161 Å². The maximum absolute atomic E-state index is 13.4. The third-order valence-electron chi connectivity index (χ3n) is 3.89. The monoisotopic (exact) mass is 410 g/mol. The lowest BCUT2D eigenvalue weighted by atomic mass is 10.1. The van der Waals surface area contributed by atoms with Gasteiger partial charge in [-0.3, -0.25) is 14.4 Å². The molecule has 29 heavy (non-hydrogen) atoms. The van der Waals surface area contributed by atoms with Gasteiger partial charge in [0.05, 0.1) is 16.8 Å². The molecule has 0 saturated heterocycles. The predicted octanol–water partition coefficient (Wildman–Crippen LogP) is 2.76. The molecule has 7 nitrogen and oxygen atoms in total. The zero-order chi connectivity index (χ0) is 21.9. The molecule has 0 radical (unpaired) electrons. The molecular formula is C18H14F4N4O3. The first kappa shape index (κ1) is 21.6. The molecule has 3 N–H and O–H groups in total. The molecule has 0 saturated carbocycles. The molecule has 2 amide bonds. The number of amides is 2. The van der Waals surface area contributed by atoms with Crippen LogP contribution in [0.1, 0.15) is 37.7 Å². The molecule has 0 unspecified atom stereocenters. The fourth-order valence-corrected chi connectivity index (χ4v) is 2.57. The number of hydrogen-bond acceptors (Lipinski definition) is 4. The average molecular weight is 410 g/mol. The van der Waals surface area contributed by atoms with E-state index in [1.807, 2.05) is 0 Å². The molecule has 0 fully saturated rings. The van der Waals surface area contributed by atoms with Crippen LogP contribution >= 0.6 is 0 Å². The number of halogens is 4. The van der Waals surface area contributed by atoms with Crippen LogP contribution in [-0.2, 0) is 4.79 Å². The highest BCUT2D eigenvalue weighted by atomic mass is 19.4. The second-order valence-electron chi connectivity index (χ2n) is 6.01. The molecule has 1 heterocycles. The SMILES string of the molecule is Cc1[nH]c(C(=O)C(=O)NCC(F)(F)F)c(C)c1C(=O)Nc1ccc(F)c(C#N)c1. The minimum atomic E-state index is -4.68. The van der Waals surface area contributed by atoms with Gasteiger partial charge in [0.25, 0.3) is 17.6 Å². The molecule has 2 aromatic rings. The van der Waals surface area contributed by atoms with E-state index < -0.39 is 36.1 Å². The van der Waals surface area contributed by atoms with Crippen molar-refractivity contribution in [3.8, 4) is 6.07 Å². The van der Waals surface area contributed by atoms with Crippen molar-refractivity contribution in [3.05, 3.63) is 52.1 Å². The summed E-state index contributed by atoms with van der Waals surface area (Å²) in [5.74, 6) is -4.22. The van der Waals surface area contributed by atoms with Gasteiger partial charge in [0.1, 0.15) is 18.4 Å². The highest BCUT2D eigenvalue weighted by molar-refractivity contribution is 6.42. The number of carbonyl (C=O) groups excluding carboxylic acids is 3. The van der Waals surface area contributed by atoms with E-state index in [4.69, 9.17) is 5.26 Å². The Balaban J connectivity index is 2.24. The van der Waals surface area contributed by atoms with Crippen LogP contribution in [0.5, 0.6) is 0 Å². The summed E-state index contributed by atoms with van der Waals surface area (Å²) < 4.78 is 49.9. The second-order valence-corrected chi connectivity index (χ2v) is 6.01.